The summed E-state index contributed by atoms with van der Waals surface area (Å²) >= 11 is 0. The van der Waals surface area contributed by atoms with E-state index in [-0.39, 0.29) is 23.9 Å². The standard InChI is InChI=1S/C20H29N7O2/c1-14(2)18-24-19(29-25-18)15-5-10-26(11-6-15)20(28)23-16-4-3-9-27(13-16)17-12-21-7-8-22-17/h7-8,12,14-16H,3-6,9-11,13H2,1-2H3,(H,23,28)/t16-/m0/s1. The van der Waals surface area contributed by atoms with Gasteiger partial charge in [0.1, 0.15) is 5.82 Å². The second kappa shape index (κ2) is 8.75. The van der Waals surface area contributed by atoms with Crippen molar-refractivity contribution < 1.29 is 9.32 Å². The lowest BCUT2D eigenvalue weighted by atomic mass is 9.97. The highest BCUT2D eigenvalue weighted by molar-refractivity contribution is 5.74. The van der Waals surface area contributed by atoms with Gasteiger partial charge in [0.15, 0.2) is 5.82 Å². The van der Waals surface area contributed by atoms with Crippen LogP contribution in [0.1, 0.15) is 63.1 Å². The zero-order chi connectivity index (χ0) is 20.2. The Morgan fingerprint density at radius 1 is 1.21 bits per heavy atom. The molecule has 0 spiro atoms. The first-order valence-electron chi connectivity index (χ1n) is 10.5. The van der Waals surface area contributed by atoms with Crippen molar-refractivity contribution in [2.45, 2.75) is 57.4 Å². The Morgan fingerprint density at radius 2 is 2.03 bits per heavy atom. The molecular weight excluding hydrogens is 370 g/mol. The summed E-state index contributed by atoms with van der Waals surface area (Å²) in [6.07, 6.45) is 8.87. The molecule has 0 bridgehead atoms. The zero-order valence-electron chi connectivity index (χ0n) is 17.1. The van der Waals surface area contributed by atoms with Crippen molar-refractivity contribution in [1.82, 2.24) is 30.3 Å². The van der Waals surface area contributed by atoms with Gasteiger partial charge in [0.05, 0.1) is 6.20 Å². The molecule has 156 valence electrons. The third-order valence-corrected chi connectivity index (χ3v) is 5.73. The summed E-state index contributed by atoms with van der Waals surface area (Å²) < 4.78 is 5.44. The summed E-state index contributed by atoms with van der Waals surface area (Å²) in [4.78, 5) is 29.9. The number of carbonyl (C=O) groups excluding carboxylic acids is 1. The molecule has 2 aliphatic heterocycles. The van der Waals surface area contributed by atoms with Crippen molar-refractivity contribution >= 4 is 11.8 Å². The number of aromatic nitrogens is 4. The molecule has 2 amide bonds. The van der Waals surface area contributed by atoms with Crippen molar-refractivity contribution in [2.75, 3.05) is 31.1 Å². The number of hydrogen-bond acceptors (Lipinski definition) is 7. The van der Waals surface area contributed by atoms with Gasteiger partial charge in [-0.3, -0.25) is 4.98 Å². The minimum Gasteiger partial charge on any atom is -0.353 e. The van der Waals surface area contributed by atoms with E-state index in [2.05, 4.69) is 44.2 Å². The first-order chi connectivity index (χ1) is 14.1. The van der Waals surface area contributed by atoms with E-state index in [1.54, 1.807) is 18.6 Å². The molecule has 9 nitrogen and oxygen atoms in total. The first-order valence-corrected chi connectivity index (χ1v) is 10.5. The minimum atomic E-state index is 0.0165. The van der Waals surface area contributed by atoms with Crippen LogP contribution in [0.2, 0.25) is 0 Å². The van der Waals surface area contributed by atoms with E-state index in [0.717, 1.165) is 50.4 Å². The molecule has 2 saturated heterocycles. The fourth-order valence-electron chi connectivity index (χ4n) is 4.00. The Balaban J connectivity index is 1.27. The number of carbonyl (C=O) groups is 1. The molecular formula is C20H29N7O2. The topological polar surface area (TPSA) is 100 Å². The van der Waals surface area contributed by atoms with Crippen molar-refractivity contribution in [2.24, 2.45) is 0 Å². The summed E-state index contributed by atoms with van der Waals surface area (Å²) in [6, 6.07) is 0.142. The van der Waals surface area contributed by atoms with Gasteiger partial charge in [0, 0.05) is 56.5 Å². The van der Waals surface area contributed by atoms with Crippen LogP contribution in [-0.2, 0) is 0 Å². The van der Waals surface area contributed by atoms with E-state index in [1.807, 2.05) is 4.90 Å². The Labute approximate surface area is 170 Å². The van der Waals surface area contributed by atoms with Gasteiger partial charge in [0.25, 0.3) is 0 Å². The number of urea groups is 1. The number of amides is 2. The highest BCUT2D eigenvalue weighted by Gasteiger charge is 2.29. The molecule has 0 unspecified atom stereocenters. The van der Waals surface area contributed by atoms with Gasteiger partial charge >= 0.3 is 6.03 Å². The number of nitrogens with one attached hydrogen (secondary N) is 1. The van der Waals surface area contributed by atoms with Gasteiger partial charge in [-0.2, -0.15) is 4.98 Å². The molecule has 0 saturated carbocycles. The Hall–Kier alpha value is -2.71. The first kappa shape index (κ1) is 19.6. The van der Waals surface area contributed by atoms with Crippen LogP contribution >= 0.6 is 0 Å². The van der Waals surface area contributed by atoms with Gasteiger partial charge < -0.3 is 19.6 Å². The number of piperidine rings is 2. The van der Waals surface area contributed by atoms with Gasteiger partial charge in [-0.1, -0.05) is 19.0 Å². The van der Waals surface area contributed by atoms with Crippen LogP contribution in [0.5, 0.6) is 0 Å². The predicted molar refractivity (Wildman–Crippen MR) is 108 cm³/mol. The van der Waals surface area contributed by atoms with Crippen LogP contribution in [0, 0.1) is 0 Å². The van der Waals surface area contributed by atoms with Crippen molar-refractivity contribution in [3.8, 4) is 0 Å². The van der Waals surface area contributed by atoms with E-state index in [4.69, 9.17) is 4.52 Å². The zero-order valence-corrected chi connectivity index (χ0v) is 17.1. The monoisotopic (exact) mass is 399 g/mol. The molecule has 29 heavy (non-hydrogen) atoms. The highest BCUT2D eigenvalue weighted by Crippen LogP contribution is 2.28. The maximum atomic E-state index is 12.8. The molecule has 2 aliphatic rings. The summed E-state index contributed by atoms with van der Waals surface area (Å²) in [7, 11) is 0. The van der Waals surface area contributed by atoms with E-state index in [0.29, 0.717) is 19.0 Å². The largest absolute Gasteiger partial charge is 0.353 e. The molecule has 0 radical (unpaired) electrons. The van der Waals surface area contributed by atoms with Gasteiger partial charge in [0.2, 0.25) is 5.89 Å². The van der Waals surface area contributed by atoms with E-state index >= 15 is 0 Å². The SMILES string of the molecule is CC(C)c1noc(C2CCN(C(=O)N[C@H]3CCCN(c4cnccn4)C3)CC2)n1. The molecule has 9 heteroatoms. The summed E-state index contributed by atoms with van der Waals surface area (Å²) in [6.45, 7) is 7.23. The average Bonchev–Trinajstić information content (AvgIpc) is 3.25. The van der Waals surface area contributed by atoms with E-state index in [9.17, 15) is 4.79 Å². The lowest BCUT2D eigenvalue weighted by Crippen LogP contribution is -2.53. The number of likely N-dealkylation sites (tertiary alicyclic amines) is 1. The lowest BCUT2D eigenvalue weighted by molar-refractivity contribution is 0.170. The number of nitrogens with zero attached hydrogens (tertiary/aromatic N) is 6. The third-order valence-electron chi connectivity index (χ3n) is 5.73. The summed E-state index contributed by atoms with van der Waals surface area (Å²) in [5.74, 6) is 2.83. The van der Waals surface area contributed by atoms with Crippen LogP contribution in [0.15, 0.2) is 23.1 Å². The van der Waals surface area contributed by atoms with Gasteiger partial charge in [-0.15, -0.1) is 0 Å². The Morgan fingerprint density at radius 3 is 2.72 bits per heavy atom. The maximum Gasteiger partial charge on any atom is 0.317 e. The molecule has 2 aromatic rings. The molecule has 1 N–H and O–H groups in total. The molecule has 2 fully saturated rings. The summed E-state index contributed by atoms with van der Waals surface area (Å²) in [5, 5.41) is 7.27. The number of anilines is 1. The van der Waals surface area contributed by atoms with Crippen LogP contribution in [0.4, 0.5) is 10.6 Å². The smallest absolute Gasteiger partial charge is 0.317 e. The van der Waals surface area contributed by atoms with Crippen LogP contribution in [0.3, 0.4) is 0 Å². The quantitative estimate of drug-likeness (QED) is 0.843. The third kappa shape index (κ3) is 4.65. The maximum absolute atomic E-state index is 12.8. The highest BCUT2D eigenvalue weighted by atomic mass is 16.5. The molecule has 4 rings (SSSR count). The molecule has 4 heterocycles. The van der Waals surface area contributed by atoms with E-state index < -0.39 is 0 Å². The van der Waals surface area contributed by atoms with Crippen molar-refractivity contribution in [3.63, 3.8) is 0 Å². The normalized spacial score (nSPS) is 20.9. The minimum absolute atomic E-state index is 0.0165. The molecule has 0 aromatic carbocycles. The van der Waals surface area contributed by atoms with Crippen LogP contribution in [0.25, 0.3) is 0 Å². The van der Waals surface area contributed by atoms with Crippen LogP contribution < -0.4 is 10.2 Å². The second-order valence-corrected chi connectivity index (χ2v) is 8.21. The van der Waals surface area contributed by atoms with Crippen molar-refractivity contribution in [3.05, 3.63) is 30.3 Å². The molecule has 1 atom stereocenters. The second-order valence-electron chi connectivity index (χ2n) is 8.21. The fourth-order valence-corrected chi connectivity index (χ4v) is 4.00. The predicted octanol–water partition coefficient (Wildman–Crippen LogP) is 2.54. The number of hydrogen-bond donors (Lipinski definition) is 1. The average molecular weight is 399 g/mol. The lowest BCUT2D eigenvalue weighted by Gasteiger charge is -2.36. The van der Waals surface area contributed by atoms with Crippen LogP contribution in [-0.4, -0.2) is 63.3 Å². The van der Waals surface area contributed by atoms with Gasteiger partial charge in [-0.05, 0) is 25.7 Å². The Kier molecular flexibility index (Phi) is 5.92. The van der Waals surface area contributed by atoms with Gasteiger partial charge in [-0.25, -0.2) is 9.78 Å². The number of rotatable bonds is 4. The summed E-state index contributed by atoms with van der Waals surface area (Å²) in [5.41, 5.74) is 0. The fraction of sp³-hybridized carbons (Fsp3) is 0.650. The molecule has 2 aromatic heterocycles. The van der Waals surface area contributed by atoms with Crippen molar-refractivity contribution in [1.29, 1.82) is 0 Å². The molecule has 0 aliphatic carbocycles. The van der Waals surface area contributed by atoms with E-state index in [1.165, 1.54) is 0 Å². The Bertz CT molecular complexity index is 802.